The lowest BCUT2D eigenvalue weighted by molar-refractivity contribution is -0.138. The van der Waals surface area contributed by atoms with Crippen molar-refractivity contribution in [1.29, 1.82) is 0 Å². The van der Waals surface area contributed by atoms with Gasteiger partial charge in [0.2, 0.25) is 0 Å². The summed E-state index contributed by atoms with van der Waals surface area (Å²) in [5.74, 6) is 0. The Morgan fingerprint density at radius 2 is 1.04 bits per heavy atom. The molecule has 1 heteroatoms. The first-order chi connectivity index (χ1) is 11.9. The molecular weight excluding hydrogens is 302 g/mol. The van der Waals surface area contributed by atoms with E-state index < -0.39 is 0 Å². The molecule has 25 heavy (non-hydrogen) atoms. The van der Waals surface area contributed by atoms with Gasteiger partial charge in [-0.25, -0.2) is 0 Å². The van der Waals surface area contributed by atoms with E-state index in [9.17, 15) is 0 Å². The van der Waals surface area contributed by atoms with Gasteiger partial charge in [0.1, 0.15) is 0 Å². The van der Waals surface area contributed by atoms with Crippen LogP contribution in [0.25, 0.3) is 0 Å². The Morgan fingerprint density at radius 1 is 0.560 bits per heavy atom. The minimum atomic E-state index is 0.332. The Labute approximate surface area is 161 Å². The van der Waals surface area contributed by atoms with E-state index in [1.54, 1.807) is 0 Å². The fourth-order valence-electron chi connectivity index (χ4n) is 6.89. The Morgan fingerprint density at radius 3 is 1.32 bits per heavy atom. The van der Waals surface area contributed by atoms with Gasteiger partial charge >= 0.3 is 0 Å². The van der Waals surface area contributed by atoms with Crippen LogP contribution in [0.4, 0.5) is 0 Å². The van der Waals surface area contributed by atoms with Crippen molar-refractivity contribution in [3.05, 3.63) is 0 Å². The maximum atomic E-state index is 2.83. The van der Waals surface area contributed by atoms with Crippen LogP contribution in [0.5, 0.6) is 0 Å². The van der Waals surface area contributed by atoms with Gasteiger partial charge in [-0.3, -0.25) is 4.90 Å². The summed E-state index contributed by atoms with van der Waals surface area (Å²) in [5, 5.41) is 0. The van der Waals surface area contributed by atoms with Crippen LogP contribution in [-0.2, 0) is 0 Å². The molecule has 0 atom stereocenters. The highest BCUT2D eigenvalue weighted by Gasteiger charge is 2.58. The Kier molecular flexibility index (Phi) is 11.6. The Balaban J connectivity index is 6.42. The molecule has 0 spiro atoms. The molecule has 0 unspecified atom stereocenters. The molecule has 0 aliphatic rings. The third-order valence-electron chi connectivity index (χ3n) is 8.26. The summed E-state index contributed by atoms with van der Waals surface area (Å²) in [7, 11) is 0. The van der Waals surface area contributed by atoms with Crippen LogP contribution in [0.1, 0.15) is 127 Å². The molecule has 0 aromatic rings. The van der Waals surface area contributed by atoms with Crippen LogP contribution in [0, 0.1) is 10.8 Å². The fraction of sp³-hybridized carbons (Fsp3) is 1.00. The predicted octanol–water partition coefficient (Wildman–Crippen LogP) is 8.08. The number of hydrogen-bond acceptors (Lipinski definition) is 1. The molecule has 1 nitrogen and oxygen atoms in total. The summed E-state index contributed by atoms with van der Waals surface area (Å²) in [6.45, 7) is 24.3. The summed E-state index contributed by atoms with van der Waals surface area (Å²) < 4.78 is 0. The molecule has 0 fully saturated rings. The maximum absolute atomic E-state index is 2.83. The van der Waals surface area contributed by atoms with Crippen LogP contribution in [0.15, 0.2) is 0 Å². The van der Waals surface area contributed by atoms with Crippen molar-refractivity contribution < 1.29 is 0 Å². The molecule has 0 aromatic heterocycles. The van der Waals surface area contributed by atoms with Crippen molar-refractivity contribution in [1.82, 2.24) is 4.90 Å². The van der Waals surface area contributed by atoms with Gasteiger partial charge < -0.3 is 0 Å². The third-order valence-corrected chi connectivity index (χ3v) is 8.26. The minimum absolute atomic E-state index is 0.332. The summed E-state index contributed by atoms with van der Waals surface area (Å²) >= 11 is 0. The van der Waals surface area contributed by atoms with Gasteiger partial charge in [0.05, 0.1) is 0 Å². The van der Waals surface area contributed by atoms with Gasteiger partial charge in [-0.15, -0.1) is 0 Å². The SMILES string of the molecule is CCCCCC(CC)(CC)C(CC)(CC)C(CC)(CC)N(CC)CC. The first-order valence-electron chi connectivity index (χ1n) is 11.7. The highest BCUT2D eigenvalue weighted by atomic mass is 15.2. The van der Waals surface area contributed by atoms with E-state index in [2.05, 4.69) is 67.2 Å². The molecule has 0 saturated carbocycles. The molecule has 0 aliphatic heterocycles. The lowest BCUT2D eigenvalue weighted by Gasteiger charge is -2.64. The van der Waals surface area contributed by atoms with Crippen LogP contribution in [-0.4, -0.2) is 23.5 Å². The molecule has 0 radical (unpaired) electrons. The second-order valence-corrected chi connectivity index (χ2v) is 8.14. The second-order valence-electron chi connectivity index (χ2n) is 8.14. The van der Waals surface area contributed by atoms with Crippen molar-refractivity contribution in [2.75, 3.05) is 13.1 Å². The second kappa shape index (κ2) is 11.6. The number of unbranched alkanes of at least 4 members (excludes halogenated alkanes) is 2. The van der Waals surface area contributed by atoms with E-state index in [0.717, 1.165) is 0 Å². The molecule has 0 bridgehead atoms. The maximum Gasteiger partial charge on any atom is 0.0265 e. The van der Waals surface area contributed by atoms with Crippen molar-refractivity contribution in [3.8, 4) is 0 Å². The molecule has 0 N–H and O–H groups in total. The number of nitrogens with zero attached hydrogens (tertiary/aromatic N) is 1. The van der Waals surface area contributed by atoms with E-state index in [1.165, 1.54) is 77.3 Å². The topological polar surface area (TPSA) is 3.24 Å². The van der Waals surface area contributed by atoms with Gasteiger partial charge in [-0.1, -0.05) is 81.6 Å². The van der Waals surface area contributed by atoms with Crippen molar-refractivity contribution in [3.63, 3.8) is 0 Å². The van der Waals surface area contributed by atoms with E-state index in [-0.39, 0.29) is 0 Å². The van der Waals surface area contributed by atoms with Gasteiger partial charge in [0, 0.05) is 5.54 Å². The van der Waals surface area contributed by atoms with E-state index >= 15 is 0 Å². The third kappa shape index (κ3) is 4.28. The largest absolute Gasteiger partial charge is 0.298 e. The van der Waals surface area contributed by atoms with Gasteiger partial charge in [0.25, 0.3) is 0 Å². The van der Waals surface area contributed by atoms with Gasteiger partial charge in [-0.05, 0) is 68.9 Å². The zero-order chi connectivity index (χ0) is 19.6. The smallest absolute Gasteiger partial charge is 0.0265 e. The normalized spacial score (nSPS) is 13.7. The summed E-state index contributed by atoms with van der Waals surface area (Å²) in [4.78, 5) is 2.83. The van der Waals surface area contributed by atoms with Crippen LogP contribution in [0.3, 0.4) is 0 Å². The van der Waals surface area contributed by atoms with E-state index in [4.69, 9.17) is 0 Å². The molecule has 0 aliphatic carbocycles. The van der Waals surface area contributed by atoms with Crippen molar-refractivity contribution >= 4 is 0 Å². The molecular formula is C24H51N. The lowest BCUT2D eigenvalue weighted by atomic mass is 9.46. The highest BCUT2D eigenvalue weighted by Crippen LogP contribution is 2.62. The first-order valence-corrected chi connectivity index (χ1v) is 11.7. The summed E-state index contributed by atoms with van der Waals surface area (Å²) in [6, 6.07) is 0. The number of rotatable bonds is 15. The van der Waals surface area contributed by atoms with Crippen molar-refractivity contribution in [2.45, 2.75) is 132 Å². The molecule has 0 aromatic carbocycles. The molecule has 0 amide bonds. The quantitative estimate of drug-likeness (QED) is 0.269. The van der Waals surface area contributed by atoms with Crippen LogP contribution < -0.4 is 0 Å². The van der Waals surface area contributed by atoms with E-state index in [1.807, 2.05) is 0 Å². The Hall–Kier alpha value is -0.0400. The van der Waals surface area contributed by atoms with Gasteiger partial charge in [-0.2, -0.15) is 0 Å². The lowest BCUT2D eigenvalue weighted by Crippen LogP contribution is -2.65. The van der Waals surface area contributed by atoms with Gasteiger partial charge in [0.15, 0.2) is 0 Å². The Bertz CT molecular complexity index is 317. The molecule has 0 rings (SSSR count). The minimum Gasteiger partial charge on any atom is -0.298 e. The monoisotopic (exact) mass is 353 g/mol. The van der Waals surface area contributed by atoms with E-state index in [0.29, 0.717) is 16.4 Å². The standard InChI is InChI=1S/C24H51N/c1-10-19-20-21-22(11-2,12-3)23(13-4,14-5)24(15-6,16-7)25(17-8)18-9/h10-21H2,1-9H3. The molecule has 0 saturated heterocycles. The van der Waals surface area contributed by atoms with Crippen LogP contribution >= 0.6 is 0 Å². The fourth-order valence-corrected chi connectivity index (χ4v) is 6.89. The zero-order valence-electron chi connectivity index (χ0n) is 19.4. The molecule has 152 valence electrons. The predicted molar refractivity (Wildman–Crippen MR) is 116 cm³/mol. The highest BCUT2D eigenvalue weighted by molar-refractivity contribution is 5.11. The molecule has 0 heterocycles. The average Bonchev–Trinajstić information content (AvgIpc) is 2.66. The zero-order valence-corrected chi connectivity index (χ0v) is 19.4. The average molecular weight is 354 g/mol. The van der Waals surface area contributed by atoms with Crippen LogP contribution in [0.2, 0.25) is 0 Å². The van der Waals surface area contributed by atoms with Crippen molar-refractivity contribution in [2.24, 2.45) is 10.8 Å². The summed E-state index contributed by atoms with van der Waals surface area (Å²) in [6.07, 6.45) is 13.4. The summed E-state index contributed by atoms with van der Waals surface area (Å²) in [5.41, 5.74) is 1.21. The first kappa shape index (κ1) is 25.0. The number of hydrogen-bond donors (Lipinski definition) is 0.